The first-order valence-electron chi connectivity index (χ1n) is 5.70. The number of nitrogens with two attached hydrogens (primary N) is 1. The summed E-state index contributed by atoms with van der Waals surface area (Å²) in [6.07, 6.45) is 0. The molecule has 0 bridgehead atoms. The van der Waals surface area contributed by atoms with E-state index in [0.29, 0.717) is 11.6 Å². The molecule has 0 heterocycles. The number of halogens is 1. The predicted octanol–water partition coefficient (Wildman–Crippen LogP) is 2.46. The quantitative estimate of drug-likeness (QED) is 0.851. The van der Waals surface area contributed by atoms with Gasteiger partial charge in [-0.2, -0.15) is 0 Å². The van der Waals surface area contributed by atoms with Gasteiger partial charge in [0.25, 0.3) is 0 Å². The van der Waals surface area contributed by atoms with Gasteiger partial charge in [0.1, 0.15) is 5.75 Å². The Bertz CT molecular complexity index is 380. The van der Waals surface area contributed by atoms with Crippen molar-refractivity contribution < 1.29 is 5.11 Å². The van der Waals surface area contributed by atoms with Crippen molar-refractivity contribution in [1.29, 1.82) is 0 Å². The van der Waals surface area contributed by atoms with Gasteiger partial charge in [-0.1, -0.05) is 31.5 Å². The molecule has 1 rings (SSSR count). The van der Waals surface area contributed by atoms with E-state index in [9.17, 15) is 5.11 Å². The minimum Gasteiger partial charge on any atom is -0.506 e. The van der Waals surface area contributed by atoms with Crippen LogP contribution in [0.1, 0.15) is 19.4 Å². The summed E-state index contributed by atoms with van der Waals surface area (Å²) in [6.45, 7) is 6.67. The third-order valence-electron chi connectivity index (χ3n) is 2.72. The molecule has 1 aromatic carbocycles. The van der Waals surface area contributed by atoms with Crippen LogP contribution in [0.5, 0.6) is 5.75 Å². The van der Waals surface area contributed by atoms with Crippen molar-refractivity contribution in [2.75, 3.05) is 20.1 Å². The lowest BCUT2D eigenvalue weighted by atomic mass is 9.93. The molecule has 4 heteroatoms. The number of phenolic OH excluding ortho intramolecular Hbond substituents is 1. The second-order valence-corrected chi connectivity index (χ2v) is 5.73. The largest absolute Gasteiger partial charge is 0.506 e. The van der Waals surface area contributed by atoms with Gasteiger partial charge in [0.2, 0.25) is 0 Å². The molecule has 96 valence electrons. The molecular weight excluding hydrogens is 236 g/mol. The monoisotopic (exact) mass is 256 g/mol. The zero-order chi connectivity index (χ0) is 13.1. The highest BCUT2D eigenvalue weighted by Gasteiger charge is 2.18. The van der Waals surface area contributed by atoms with Crippen LogP contribution in [-0.4, -0.2) is 30.1 Å². The molecule has 1 aromatic rings. The van der Waals surface area contributed by atoms with E-state index < -0.39 is 0 Å². The number of nitrogens with zero attached hydrogens (tertiary/aromatic N) is 1. The lowest BCUT2D eigenvalue weighted by molar-refractivity contribution is 0.210. The van der Waals surface area contributed by atoms with Crippen molar-refractivity contribution in [3.05, 3.63) is 28.8 Å². The fourth-order valence-electron chi connectivity index (χ4n) is 1.81. The Morgan fingerprint density at radius 1 is 1.41 bits per heavy atom. The Morgan fingerprint density at radius 2 is 2.06 bits per heavy atom. The van der Waals surface area contributed by atoms with E-state index >= 15 is 0 Å². The van der Waals surface area contributed by atoms with Gasteiger partial charge in [0.15, 0.2) is 0 Å². The predicted molar refractivity (Wildman–Crippen MR) is 72.3 cm³/mol. The van der Waals surface area contributed by atoms with Crippen molar-refractivity contribution in [2.45, 2.75) is 20.4 Å². The fraction of sp³-hybridized carbons (Fsp3) is 0.538. The second-order valence-electron chi connectivity index (χ2n) is 5.33. The number of benzene rings is 1. The average molecular weight is 257 g/mol. The average Bonchev–Trinajstić information content (AvgIpc) is 2.23. The van der Waals surface area contributed by atoms with E-state index in [1.165, 1.54) is 0 Å². The van der Waals surface area contributed by atoms with E-state index in [-0.39, 0.29) is 11.2 Å². The zero-order valence-corrected chi connectivity index (χ0v) is 11.5. The van der Waals surface area contributed by atoms with Crippen LogP contribution in [0.4, 0.5) is 0 Å². The number of hydrogen-bond donors (Lipinski definition) is 2. The van der Waals surface area contributed by atoms with Gasteiger partial charge in [-0.25, -0.2) is 0 Å². The standard InChI is InChI=1S/C13H21ClN2O/c1-13(2,8-15)9-16(3)7-10-4-5-12(17)11(14)6-10/h4-6,17H,7-9,15H2,1-3H3. The molecule has 0 atom stereocenters. The number of phenols is 1. The molecule has 0 amide bonds. The smallest absolute Gasteiger partial charge is 0.134 e. The van der Waals surface area contributed by atoms with Gasteiger partial charge in [0, 0.05) is 13.1 Å². The highest BCUT2D eigenvalue weighted by Crippen LogP contribution is 2.24. The first-order valence-corrected chi connectivity index (χ1v) is 6.08. The lowest BCUT2D eigenvalue weighted by Gasteiger charge is -2.29. The summed E-state index contributed by atoms with van der Waals surface area (Å²) in [5, 5.41) is 9.74. The van der Waals surface area contributed by atoms with E-state index in [2.05, 4.69) is 25.8 Å². The Hall–Kier alpha value is -0.770. The van der Waals surface area contributed by atoms with Gasteiger partial charge < -0.3 is 15.7 Å². The molecule has 0 aromatic heterocycles. The SMILES string of the molecule is CN(Cc1ccc(O)c(Cl)c1)CC(C)(C)CN. The highest BCUT2D eigenvalue weighted by molar-refractivity contribution is 6.32. The lowest BCUT2D eigenvalue weighted by Crippen LogP contribution is -2.36. The summed E-state index contributed by atoms with van der Waals surface area (Å²) in [6, 6.07) is 5.30. The minimum absolute atomic E-state index is 0.107. The molecule has 0 aliphatic heterocycles. The van der Waals surface area contributed by atoms with Crippen LogP contribution >= 0.6 is 11.6 Å². The van der Waals surface area contributed by atoms with Crippen LogP contribution in [0.15, 0.2) is 18.2 Å². The number of hydrogen-bond acceptors (Lipinski definition) is 3. The Balaban J connectivity index is 2.62. The molecule has 0 unspecified atom stereocenters. The number of aromatic hydroxyl groups is 1. The maximum absolute atomic E-state index is 9.34. The normalized spacial score (nSPS) is 12.1. The van der Waals surface area contributed by atoms with Gasteiger partial charge in [0.05, 0.1) is 5.02 Å². The van der Waals surface area contributed by atoms with Gasteiger partial charge >= 0.3 is 0 Å². The Kier molecular flexibility index (Phi) is 4.80. The van der Waals surface area contributed by atoms with E-state index in [1.807, 2.05) is 6.07 Å². The maximum atomic E-state index is 9.34. The third kappa shape index (κ3) is 4.54. The molecule has 0 aliphatic rings. The molecule has 0 radical (unpaired) electrons. The van der Waals surface area contributed by atoms with Crippen molar-refractivity contribution in [2.24, 2.45) is 11.1 Å². The van der Waals surface area contributed by atoms with Crippen LogP contribution < -0.4 is 5.73 Å². The molecule has 3 nitrogen and oxygen atoms in total. The van der Waals surface area contributed by atoms with Crippen molar-refractivity contribution >= 4 is 11.6 Å². The molecular formula is C13H21ClN2O. The summed E-state index contributed by atoms with van der Waals surface area (Å²) in [5.41, 5.74) is 6.90. The van der Waals surface area contributed by atoms with E-state index in [1.54, 1.807) is 12.1 Å². The van der Waals surface area contributed by atoms with E-state index in [0.717, 1.165) is 18.7 Å². The molecule has 0 fully saturated rings. The summed E-state index contributed by atoms with van der Waals surface area (Å²) >= 11 is 5.87. The maximum Gasteiger partial charge on any atom is 0.134 e. The first-order chi connectivity index (χ1) is 7.84. The minimum atomic E-state index is 0.107. The second kappa shape index (κ2) is 5.71. The van der Waals surface area contributed by atoms with Crippen LogP contribution in [0.2, 0.25) is 5.02 Å². The fourth-order valence-corrected chi connectivity index (χ4v) is 2.01. The molecule has 17 heavy (non-hydrogen) atoms. The highest BCUT2D eigenvalue weighted by atomic mass is 35.5. The summed E-state index contributed by atoms with van der Waals surface area (Å²) in [5.74, 6) is 0.125. The zero-order valence-electron chi connectivity index (χ0n) is 10.7. The van der Waals surface area contributed by atoms with Crippen LogP contribution in [0.25, 0.3) is 0 Å². The molecule has 3 N–H and O–H groups in total. The molecule has 0 aliphatic carbocycles. The third-order valence-corrected chi connectivity index (χ3v) is 3.02. The van der Waals surface area contributed by atoms with Crippen molar-refractivity contribution in [3.63, 3.8) is 0 Å². The van der Waals surface area contributed by atoms with Crippen molar-refractivity contribution in [3.8, 4) is 5.75 Å². The van der Waals surface area contributed by atoms with E-state index in [4.69, 9.17) is 17.3 Å². The topological polar surface area (TPSA) is 49.5 Å². The van der Waals surface area contributed by atoms with Crippen LogP contribution in [0.3, 0.4) is 0 Å². The molecule has 0 spiro atoms. The molecule has 0 saturated heterocycles. The van der Waals surface area contributed by atoms with Gasteiger partial charge in [-0.3, -0.25) is 0 Å². The molecule has 0 saturated carbocycles. The van der Waals surface area contributed by atoms with Crippen LogP contribution in [-0.2, 0) is 6.54 Å². The van der Waals surface area contributed by atoms with Gasteiger partial charge in [-0.15, -0.1) is 0 Å². The summed E-state index contributed by atoms with van der Waals surface area (Å²) in [4.78, 5) is 2.20. The van der Waals surface area contributed by atoms with Crippen molar-refractivity contribution in [1.82, 2.24) is 4.90 Å². The first kappa shape index (κ1) is 14.3. The van der Waals surface area contributed by atoms with Crippen LogP contribution in [0, 0.1) is 5.41 Å². The Morgan fingerprint density at radius 3 is 2.59 bits per heavy atom. The van der Waals surface area contributed by atoms with Gasteiger partial charge in [-0.05, 0) is 36.7 Å². The summed E-state index contributed by atoms with van der Waals surface area (Å²) < 4.78 is 0. The Labute approximate surface area is 108 Å². The number of rotatable bonds is 5. The summed E-state index contributed by atoms with van der Waals surface area (Å²) in [7, 11) is 2.05.